The molecule has 2 amide bonds. The highest BCUT2D eigenvalue weighted by molar-refractivity contribution is 8.26. The molecule has 1 aromatic carbocycles. The van der Waals surface area contributed by atoms with E-state index in [2.05, 4.69) is 11.8 Å². The van der Waals surface area contributed by atoms with E-state index in [4.69, 9.17) is 18.0 Å². The summed E-state index contributed by atoms with van der Waals surface area (Å²) in [6.45, 7) is 6.46. The Kier molecular flexibility index (Phi) is 8.51. The summed E-state index contributed by atoms with van der Waals surface area (Å²) in [6, 6.07) is 7.87. The second kappa shape index (κ2) is 11.6. The van der Waals surface area contributed by atoms with Gasteiger partial charge in [-0.05, 0) is 38.3 Å². The molecule has 9 heteroatoms. The van der Waals surface area contributed by atoms with Crippen LogP contribution in [-0.4, -0.2) is 45.2 Å². The number of rotatable bonds is 9. The van der Waals surface area contributed by atoms with Crippen LogP contribution in [0.3, 0.4) is 0 Å². The Balaban J connectivity index is 1.77. The van der Waals surface area contributed by atoms with Crippen LogP contribution >= 0.6 is 24.0 Å². The highest BCUT2D eigenvalue weighted by Crippen LogP contribution is 2.37. The van der Waals surface area contributed by atoms with Crippen molar-refractivity contribution in [1.29, 1.82) is 0 Å². The Morgan fingerprint density at radius 1 is 1.14 bits per heavy atom. The first kappa shape index (κ1) is 26.4. The molecule has 36 heavy (non-hydrogen) atoms. The number of thiocarbonyl (C=S) groups is 1. The minimum absolute atomic E-state index is 0.128. The van der Waals surface area contributed by atoms with Crippen molar-refractivity contribution in [3.63, 3.8) is 0 Å². The number of thioether (sulfide) groups is 1. The Morgan fingerprint density at radius 3 is 2.53 bits per heavy atom. The minimum Gasteiger partial charge on any atom is -0.370 e. The highest BCUT2D eigenvalue weighted by Gasteiger charge is 2.33. The minimum atomic E-state index is -0.274. The number of aromatic nitrogens is 1. The van der Waals surface area contributed by atoms with Gasteiger partial charge in [0, 0.05) is 37.5 Å². The standard InChI is InChI=1S/C27H34N4O3S2/c1-3-5-6-9-14-31-26(34)22(36-27(31)35)17-20-23(29-15-12-18(13-16-29)24(28)32)19-10-7-8-11-21(19)30(4-2)25(20)33/h7-8,10-11,17-18H,3-6,9,12-16H2,1-2H3,(H2,28,32). The van der Waals surface area contributed by atoms with E-state index in [0.29, 0.717) is 53.8 Å². The summed E-state index contributed by atoms with van der Waals surface area (Å²) < 4.78 is 2.30. The Hall–Kier alpha value is -2.65. The summed E-state index contributed by atoms with van der Waals surface area (Å²) in [5.41, 5.74) is 7.60. The number of anilines is 1. The van der Waals surface area contributed by atoms with Crippen molar-refractivity contribution in [3.05, 3.63) is 45.1 Å². The van der Waals surface area contributed by atoms with Crippen LogP contribution in [0.2, 0.25) is 0 Å². The fourth-order valence-corrected chi connectivity index (χ4v) is 6.39. The molecular weight excluding hydrogens is 492 g/mol. The van der Waals surface area contributed by atoms with Crippen molar-refractivity contribution < 1.29 is 9.59 Å². The number of carbonyl (C=O) groups excluding carboxylic acids is 2. The number of unbranched alkanes of at least 4 members (excludes halogenated alkanes) is 3. The molecule has 0 bridgehead atoms. The third kappa shape index (κ3) is 5.22. The van der Waals surface area contributed by atoms with Crippen molar-refractivity contribution in [3.8, 4) is 0 Å². The fourth-order valence-electron chi connectivity index (χ4n) is 5.10. The molecule has 0 unspecified atom stereocenters. The number of nitrogens with zero attached hydrogens (tertiary/aromatic N) is 3. The normalized spacial score (nSPS) is 18.1. The molecule has 0 saturated carbocycles. The summed E-state index contributed by atoms with van der Waals surface area (Å²) in [7, 11) is 0. The highest BCUT2D eigenvalue weighted by atomic mass is 32.2. The number of primary amides is 1. The van der Waals surface area contributed by atoms with E-state index < -0.39 is 0 Å². The second-order valence-electron chi connectivity index (χ2n) is 9.39. The summed E-state index contributed by atoms with van der Waals surface area (Å²) >= 11 is 6.80. The van der Waals surface area contributed by atoms with Crippen LogP contribution in [0, 0.1) is 5.92 Å². The van der Waals surface area contributed by atoms with Crippen molar-refractivity contribution in [2.75, 3.05) is 24.5 Å². The summed E-state index contributed by atoms with van der Waals surface area (Å²) in [4.78, 5) is 43.2. The van der Waals surface area contributed by atoms with Crippen LogP contribution < -0.4 is 16.2 Å². The molecule has 0 spiro atoms. The van der Waals surface area contributed by atoms with Gasteiger partial charge in [0.1, 0.15) is 4.32 Å². The van der Waals surface area contributed by atoms with Gasteiger partial charge >= 0.3 is 0 Å². The molecule has 1 aromatic heterocycles. The SMILES string of the molecule is CCCCCCN1C(=O)C(=Cc2c(N3CCC(C(N)=O)CC3)c3ccccc3n(CC)c2=O)SC1=S. The number of para-hydroxylation sites is 1. The van der Waals surface area contributed by atoms with Crippen molar-refractivity contribution in [1.82, 2.24) is 9.47 Å². The molecule has 192 valence electrons. The van der Waals surface area contributed by atoms with Crippen molar-refractivity contribution in [2.45, 2.75) is 58.9 Å². The lowest BCUT2D eigenvalue weighted by molar-refractivity contribution is -0.123. The predicted molar refractivity (Wildman–Crippen MR) is 152 cm³/mol. The quantitative estimate of drug-likeness (QED) is 0.294. The molecule has 2 saturated heterocycles. The predicted octanol–water partition coefficient (Wildman–Crippen LogP) is 4.50. The van der Waals surface area contributed by atoms with Gasteiger partial charge in [-0.25, -0.2) is 0 Å². The molecule has 0 atom stereocenters. The van der Waals surface area contributed by atoms with Crippen molar-refractivity contribution in [2.24, 2.45) is 11.7 Å². The molecule has 0 aliphatic carbocycles. The summed E-state index contributed by atoms with van der Waals surface area (Å²) in [5.74, 6) is -0.560. The van der Waals surface area contributed by atoms with Gasteiger partial charge in [-0.2, -0.15) is 0 Å². The number of hydrogen-bond acceptors (Lipinski definition) is 6. The monoisotopic (exact) mass is 526 g/mol. The lowest BCUT2D eigenvalue weighted by Crippen LogP contribution is -2.40. The van der Waals surface area contributed by atoms with Gasteiger partial charge in [-0.1, -0.05) is 68.4 Å². The molecule has 2 aromatic rings. The lowest BCUT2D eigenvalue weighted by Gasteiger charge is -2.34. The van der Waals surface area contributed by atoms with Crippen LogP contribution in [0.4, 0.5) is 5.69 Å². The Morgan fingerprint density at radius 2 is 1.86 bits per heavy atom. The first-order valence-electron chi connectivity index (χ1n) is 12.8. The molecule has 7 nitrogen and oxygen atoms in total. The fraction of sp³-hybridized carbons (Fsp3) is 0.481. The zero-order valence-electron chi connectivity index (χ0n) is 21.0. The van der Waals surface area contributed by atoms with E-state index in [9.17, 15) is 14.4 Å². The van der Waals surface area contributed by atoms with Gasteiger partial charge in [-0.3, -0.25) is 19.3 Å². The number of pyridine rings is 1. The van der Waals surface area contributed by atoms with Crippen molar-refractivity contribution >= 4 is 62.8 Å². The number of piperidine rings is 1. The molecule has 4 rings (SSSR count). The second-order valence-corrected chi connectivity index (χ2v) is 11.1. The number of benzene rings is 1. The van der Waals surface area contributed by atoms with Crippen LogP contribution in [0.15, 0.2) is 34.0 Å². The lowest BCUT2D eigenvalue weighted by atomic mass is 9.94. The third-order valence-electron chi connectivity index (χ3n) is 7.09. The van der Waals surface area contributed by atoms with Crippen LogP contribution in [0.25, 0.3) is 17.0 Å². The number of carbonyl (C=O) groups is 2. The summed E-state index contributed by atoms with van der Waals surface area (Å²) in [6.07, 6.45) is 7.25. The number of aryl methyl sites for hydroxylation is 1. The maximum atomic E-state index is 13.8. The first-order chi connectivity index (χ1) is 17.4. The van der Waals surface area contributed by atoms with Crippen LogP contribution in [-0.2, 0) is 16.1 Å². The van der Waals surface area contributed by atoms with E-state index in [1.807, 2.05) is 31.2 Å². The average molecular weight is 527 g/mol. The van der Waals surface area contributed by atoms with E-state index in [1.54, 1.807) is 15.5 Å². The van der Waals surface area contributed by atoms with Gasteiger partial charge in [0.05, 0.1) is 21.7 Å². The zero-order valence-corrected chi connectivity index (χ0v) is 22.6. The van der Waals surface area contributed by atoms with E-state index in [1.165, 1.54) is 11.8 Å². The molecule has 2 N–H and O–H groups in total. The van der Waals surface area contributed by atoms with Gasteiger partial charge < -0.3 is 15.2 Å². The first-order valence-corrected chi connectivity index (χ1v) is 14.0. The molecule has 2 aliphatic heterocycles. The maximum Gasteiger partial charge on any atom is 0.266 e. The Labute approximate surface area is 221 Å². The molecule has 2 fully saturated rings. The number of nitrogens with two attached hydrogens (primary N) is 1. The number of hydrogen-bond donors (Lipinski definition) is 1. The summed E-state index contributed by atoms with van der Waals surface area (Å²) in [5, 5.41) is 0.956. The van der Waals surface area contributed by atoms with Gasteiger partial charge in [0.15, 0.2) is 0 Å². The number of amides is 2. The average Bonchev–Trinajstić information content (AvgIpc) is 3.14. The smallest absolute Gasteiger partial charge is 0.266 e. The topological polar surface area (TPSA) is 88.6 Å². The van der Waals surface area contributed by atoms with Gasteiger partial charge in [0.2, 0.25) is 5.91 Å². The van der Waals surface area contributed by atoms with E-state index >= 15 is 0 Å². The number of fused-ring (bicyclic) bond motifs is 1. The van der Waals surface area contributed by atoms with Crippen LogP contribution in [0.5, 0.6) is 0 Å². The molecule has 2 aliphatic rings. The van der Waals surface area contributed by atoms with Gasteiger partial charge in [-0.15, -0.1) is 0 Å². The Bertz CT molecular complexity index is 1260. The molecule has 0 radical (unpaired) electrons. The van der Waals surface area contributed by atoms with E-state index in [0.717, 1.165) is 42.3 Å². The maximum absolute atomic E-state index is 13.8. The van der Waals surface area contributed by atoms with Crippen LogP contribution in [0.1, 0.15) is 57.9 Å². The largest absolute Gasteiger partial charge is 0.370 e. The van der Waals surface area contributed by atoms with Gasteiger partial charge in [0.25, 0.3) is 11.5 Å². The van der Waals surface area contributed by atoms with E-state index in [-0.39, 0.29) is 23.3 Å². The zero-order chi connectivity index (χ0) is 25.8. The molecular formula is C27H34N4O3S2. The third-order valence-corrected chi connectivity index (χ3v) is 8.47. The molecule has 3 heterocycles.